The molecule has 0 fully saturated rings. The van der Waals surface area contributed by atoms with Gasteiger partial charge < -0.3 is 9.26 Å². The molecule has 0 spiro atoms. The number of benzene rings is 3. The second-order valence-electron chi connectivity index (χ2n) is 5.95. The summed E-state index contributed by atoms with van der Waals surface area (Å²) in [5, 5.41) is 3.82. The maximum atomic E-state index is 13.8. The monoisotopic (exact) mass is 382 g/mol. The van der Waals surface area contributed by atoms with Crippen LogP contribution in [0.25, 0.3) is 22.8 Å². The van der Waals surface area contributed by atoms with E-state index in [2.05, 4.69) is 10.1 Å². The lowest BCUT2D eigenvalue weighted by molar-refractivity contribution is 0.300. The van der Waals surface area contributed by atoms with E-state index in [9.17, 15) is 13.2 Å². The molecule has 4 rings (SSSR count). The zero-order valence-electron chi connectivity index (χ0n) is 14.4. The highest BCUT2D eigenvalue weighted by Crippen LogP contribution is 2.26. The van der Waals surface area contributed by atoms with Crippen molar-refractivity contribution in [3.63, 3.8) is 0 Å². The zero-order valence-corrected chi connectivity index (χ0v) is 14.4. The third-order valence-corrected chi connectivity index (χ3v) is 4.05. The van der Waals surface area contributed by atoms with Gasteiger partial charge in [-0.3, -0.25) is 0 Å². The van der Waals surface area contributed by atoms with Crippen LogP contribution in [-0.4, -0.2) is 10.1 Å². The molecule has 0 radical (unpaired) electrons. The maximum Gasteiger partial charge on any atom is 0.261 e. The molecule has 28 heavy (non-hydrogen) atoms. The molecule has 0 unspecified atom stereocenters. The van der Waals surface area contributed by atoms with E-state index in [1.807, 2.05) is 0 Å². The molecule has 4 aromatic rings. The van der Waals surface area contributed by atoms with E-state index in [1.54, 1.807) is 42.5 Å². The molecular weight excluding hydrogens is 369 g/mol. The van der Waals surface area contributed by atoms with Crippen LogP contribution >= 0.6 is 0 Å². The summed E-state index contributed by atoms with van der Waals surface area (Å²) < 4.78 is 51.1. The lowest BCUT2D eigenvalue weighted by Crippen LogP contribution is -1.98. The summed E-state index contributed by atoms with van der Waals surface area (Å²) in [5.41, 5.74) is 1.09. The second kappa shape index (κ2) is 7.56. The lowest BCUT2D eigenvalue weighted by Gasteiger charge is -2.07. The van der Waals surface area contributed by atoms with Crippen molar-refractivity contribution in [3.8, 4) is 28.6 Å². The molecule has 0 atom stereocenters. The Morgan fingerprint density at radius 2 is 1.64 bits per heavy atom. The van der Waals surface area contributed by atoms with E-state index < -0.39 is 11.6 Å². The highest BCUT2D eigenvalue weighted by Gasteiger charge is 2.15. The molecule has 0 bridgehead atoms. The minimum atomic E-state index is -0.785. The molecule has 0 amide bonds. The van der Waals surface area contributed by atoms with Gasteiger partial charge in [0.25, 0.3) is 5.89 Å². The summed E-state index contributed by atoms with van der Waals surface area (Å²) >= 11 is 0. The molecule has 1 aromatic heterocycles. The van der Waals surface area contributed by atoms with E-state index in [1.165, 1.54) is 12.1 Å². The Balaban J connectivity index is 1.48. The van der Waals surface area contributed by atoms with Gasteiger partial charge in [-0.2, -0.15) is 4.98 Å². The Hall–Kier alpha value is -3.61. The van der Waals surface area contributed by atoms with E-state index in [0.717, 1.165) is 12.1 Å². The van der Waals surface area contributed by atoms with E-state index in [-0.39, 0.29) is 29.7 Å². The fourth-order valence-corrected chi connectivity index (χ4v) is 2.59. The van der Waals surface area contributed by atoms with Crippen molar-refractivity contribution in [2.45, 2.75) is 6.61 Å². The number of rotatable bonds is 5. The first kappa shape index (κ1) is 17.8. The van der Waals surface area contributed by atoms with Crippen LogP contribution in [0.5, 0.6) is 5.75 Å². The van der Waals surface area contributed by atoms with Crippen molar-refractivity contribution in [1.82, 2.24) is 10.1 Å². The van der Waals surface area contributed by atoms with Crippen LogP contribution in [0.4, 0.5) is 13.2 Å². The van der Waals surface area contributed by atoms with Gasteiger partial charge in [-0.1, -0.05) is 23.4 Å². The summed E-state index contributed by atoms with van der Waals surface area (Å²) in [6.07, 6.45) is 0. The van der Waals surface area contributed by atoms with E-state index in [0.29, 0.717) is 16.9 Å². The largest absolute Gasteiger partial charge is 0.489 e. The number of hydrogen-bond acceptors (Lipinski definition) is 4. The van der Waals surface area contributed by atoms with Gasteiger partial charge in [0.1, 0.15) is 29.8 Å². The number of nitrogens with zero attached hydrogens (tertiary/aromatic N) is 2. The van der Waals surface area contributed by atoms with Crippen LogP contribution in [0.1, 0.15) is 5.56 Å². The van der Waals surface area contributed by atoms with Crippen LogP contribution in [-0.2, 0) is 6.61 Å². The molecule has 0 N–H and O–H groups in total. The predicted molar refractivity (Wildman–Crippen MR) is 95.8 cm³/mol. The van der Waals surface area contributed by atoms with Crippen molar-refractivity contribution in [1.29, 1.82) is 0 Å². The lowest BCUT2D eigenvalue weighted by atomic mass is 10.2. The summed E-state index contributed by atoms with van der Waals surface area (Å²) in [5.74, 6) is -1.06. The molecule has 3 aromatic carbocycles. The molecule has 0 saturated carbocycles. The first-order chi connectivity index (χ1) is 13.6. The van der Waals surface area contributed by atoms with E-state index in [4.69, 9.17) is 9.26 Å². The van der Waals surface area contributed by atoms with Gasteiger partial charge in [0, 0.05) is 17.2 Å². The Labute approximate surface area is 158 Å². The molecule has 4 nitrogen and oxygen atoms in total. The maximum absolute atomic E-state index is 13.8. The first-order valence-electron chi connectivity index (χ1n) is 8.36. The van der Waals surface area contributed by atoms with Gasteiger partial charge in [0.2, 0.25) is 5.82 Å². The zero-order chi connectivity index (χ0) is 19.5. The van der Waals surface area contributed by atoms with Crippen molar-refractivity contribution >= 4 is 0 Å². The number of ether oxygens (including phenoxy) is 1. The van der Waals surface area contributed by atoms with E-state index >= 15 is 0 Å². The van der Waals surface area contributed by atoms with Gasteiger partial charge in [-0.05, 0) is 42.5 Å². The Kier molecular flexibility index (Phi) is 4.80. The van der Waals surface area contributed by atoms with Gasteiger partial charge in [0.15, 0.2) is 0 Å². The highest BCUT2D eigenvalue weighted by molar-refractivity contribution is 5.60. The van der Waals surface area contributed by atoms with Crippen LogP contribution in [0, 0.1) is 17.5 Å². The molecule has 0 saturated heterocycles. The Morgan fingerprint density at radius 3 is 2.39 bits per heavy atom. The molecule has 0 aliphatic heterocycles. The average molecular weight is 382 g/mol. The average Bonchev–Trinajstić information content (AvgIpc) is 3.17. The van der Waals surface area contributed by atoms with Gasteiger partial charge in [-0.25, -0.2) is 13.2 Å². The highest BCUT2D eigenvalue weighted by atomic mass is 19.1. The first-order valence-corrected chi connectivity index (χ1v) is 8.36. The fourth-order valence-electron chi connectivity index (χ4n) is 2.59. The quantitative estimate of drug-likeness (QED) is 0.464. The molecule has 7 heteroatoms. The summed E-state index contributed by atoms with van der Waals surface area (Å²) in [4.78, 5) is 4.15. The third-order valence-electron chi connectivity index (χ3n) is 4.05. The van der Waals surface area contributed by atoms with Crippen molar-refractivity contribution in [2.75, 3.05) is 0 Å². The topological polar surface area (TPSA) is 48.2 Å². The normalized spacial score (nSPS) is 10.8. The third kappa shape index (κ3) is 3.73. The minimum Gasteiger partial charge on any atom is -0.489 e. The summed E-state index contributed by atoms with van der Waals surface area (Å²) in [7, 11) is 0. The molecule has 0 aliphatic rings. The van der Waals surface area contributed by atoms with Crippen molar-refractivity contribution in [3.05, 3.63) is 89.7 Å². The summed E-state index contributed by atoms with van der Waals surface area (Å²) in [6, 6.07) is 16.3. The van der Waals surface area contributed by atoms with Crippen LogP contribution in [0.15, 0.2) is 71.3 Å². The Bertz CT molecular complexity index is 1110. The molecule has 140 valence electrons. The van der Waals surface area contributed by atoms with Gasteiger partial charge in [0.05, 0.1) is 5.56 Å². The predicted octanol–water partition coefficient (Wildman–Crippen LogP) is 5.40. The van der Waals surface area contributed by atoms with Crippen LogP contribution in [0.2, 0.25) is 0 Å². The number of aromatic nitrogens is 2. The standard InChI is InChI=1S/C21H13F3N2O2/c22-15-7-10-17(19(24)11-15)21-25-20(26-28-21)13-5-8-16(9-6-13)27-12-14-3-1-2-4-18(14)23/h1-11H,12H2. The fraction of sp³-hybridized carbons (Fsp3) is 0.0476. The SMILES string of the molecule is Fc1ccc(-c2nc(-c3ccc(OCc4ccccc4F)cc3)no2)c(F)c1. The molecule has 0 aliphatic carbocycles. The van der Waals surface area contributed by atoms with Gasteiger partial charge >= 0.3 is 0 Å². The van der Waals surface area contributed by atoms with Crippen LogP contribution < -0.4 is 4.74 Å². The minimum absolute atomic E-state index is 0.0185. The summed E-state index contributed by atoms with van der Waals surface area (Å²) in [6.45, 7) is 0.0994. The van der Waals surface area contributed by atoms with Crippen molar-refractivity contribution in [2.24, 2.45) is 0 Å². The molecule has 1 heterocycles. The smallest absolute Gasteiger partial charge is 0.261 e. The molecular formula is C21H13F3N2O2. The number of hydrogen-bond donors (Lipinski definition) is 0. The van der Waals surface area contributed by atoms with Gasteiger partial charge in [-0.15, -0.1) is 0 Å². The van der Waals surface area contributed by atoms with Crippen LogP contribution in [0.3, 0.4) is 0 Å². The van der Waals surface area contributed by atoms with Crippen molar-refractivity contribution < 1.29 is 22.4 Å². The Morgan fingerprint density at radius 1 is 0.857 bits per heavy atom. The number of halogens is 3. The second-order valence-corrected chi connectivity index (χ2v) is 5.95.